The van der Waals surface area contributed by atoms with Crippen molar-refractivity contribution in [3.8, 4) is 23.0 Å². The molecule has 0 radical (unpaired) electrons. The van der Waals surface area contributed by atoms with Crippen molar-refractivity contribution in [3.05, 3.63) is 217 Å². The van der Waals surface area contributed by atoms with Gasteiger partial charge in [0.05, 0.1) is 17.4 Å². The molecule has 0 saturated carbocycles. The van der Waals surface area contributed by atoms with E-state index in [0.29, 0.717) is 89.0 Å². The van der Waals surface area contributed by atoms with Gasteiger partial charge in [-0.1, -0.05) is 61.4 Å². The highest BCUT2D eigenvalue weighted by Crippen LogP contribution is 2.35. The van der Waals surface area contributed by atoms with Crippen molar-refractivity contribution in [1.29, 1.82) is 0 Å². The largest absolute Gasteiger partial charge is 0.454 e. The Labute approximate surface area is 588 Å². The lowest BCUT2D eigenvalue weighted by Gasteiger charge is -2.26. The molecule has 0 bridgehead atoms. The number of carbonyl (C=O) groups is 6. The number of nitrogens with zero attached hydrogens (tertiary/aromatic N) is 10. The Bertz CT molecular complexity index is 4480. The first-order valence-corrected chi connectivity index (χ1v) is 34.6. The number of hydrogen-bond donors (Lipinski definition) is 1. The lowest BCUT2D eigenvalue weighted by Crippen LogP contribution is -2.35. The number of hydrogen-bond acceptors (Lipinski definition) is 17. The third-order valence-corrected chi connectivity index (χ3v) is 18.3. The Morgan fingerprint density at radius 1 is 0.304 bits per heavy atom. The van der Waals surface area contributed by atoms with Gasteiger partial charge in [0.2, 0.25) is 13.6 Å². The first-order valence-electron chi connectivity index (χ1n) is 34.6. The third kappa shape index (κ3) is 17.1. The molecule has 8 aliphatic rings. The molecule has 10 aromatic rings. The molecular formula is C78H79N11O13. The van der Waals surface area contributed by atoms with Gasteiger partial charge in [-0.05, 0) is 161 Å². The van der Waals surface area contributed by atoms with Crippen LogP contribution in [0.25, 0.3) is 44.3 Å². The molecular weight excluding hydrogens is 1300 g/mol. The van der Waals surface area contributed by atoms with E-state index >= 15 is 0 Å². The molecule has 0 aliphatic carbocycles. The van der Waals surface area contributed by atoms with Crippen LogP contribution in [0, 0.1) is 0 Å². The van der Waals surface area contributed by atoms with Gasteiger partial charge in [-0.25, -0.2) is 19.9 Å². The van der Waals surface area contributed by atoms with Crippen LogP contribution in [-0.4, -0.2) is 182 Å². The highest BCUT2D eigenvalue weighted by atomic mass is 16.7. The molecule has 2 saturated heterocycles. The summed E-state index contributed by atoms with van der Waals surface area (Å²) in [4.78, 5) is 104. The van der Waals surface area contributed by atoms with Crippen LogP contribution in [0.5, 0.6) is 23.0 Å². The highest BCUT2D eigenvalue weighted by molar-refractivity contribution is 6.00. The van der Waals surface area contributed by atoms with Gasteiger partial charge in [-0.15, -0.1) is 0 Å². The number of benzene rings is 6. The Morgan fingerprint density at radius 2 is 0.667 bits per heavy atom. The average molecular weight is 1380 g/mol. The fraction of sp³-hybridized carbons (Fsp3) is 0.308. The fourth-order valence-electron chi connectivity index (χ4n) is 12.7. The molecule has 24 nitrogen and oxygen atoms in total. The van der Waals surface area contributed by atoms with Gasteiger partial charge in [-0.3, -0.25) is 28.8 Å². The van der Waals surface area contributed by atoms with Crippen molar-refractivity contribution in [3.63, 3.8) is 0 Å². The molecule has 6 aromatic carbocycles. The summed E-state index contributed by atoms with van der Waals surface area (Å²) in [6.07, 6.45) is 33.1. The zero-order valence-electron chi connectivity index (χ0n) is 56.6. The quantitative estimate of drug-likeness (QED) is 0.152. The Kier molecular flexibility index (Phi) is 22.5. The number of likely N-dealkylation sites (tertiary alicyclic amines) is 2. The van der Waals surface area contributed by atoms with Gasteiger partial charge in [0.25, 0.3) is 35.4 Å². The Morgan fingerprint density at radius 3 is 1.15 bits per heavy atom. The molecule has 0 unspecified atom stereocenters. The number of ether oxygens (including phenoxy) is 4. The zero-order chi connectivity index (χ0) is 70.0. The van der Waals surface area contributed by atoms with Crippen LogP contribution >= 0.6 is 0 Å². The number of rotatable bonds is 6. The van der Waals surface area contributed by atoms with Crippen LogP contribution in [0.2, 0.25) is 0 Å². The van der Waals surface area contributed by atoms with Crippen molar-refractivity contribution in [1.82, 2.24) is 54.3 Å². The number of aromatic nitrogens is 5. The molecule has 2 fully saturated rings. The fourth-order valence-corrected chi connectivity index (χ4v) is 12.7. The third-order valence-electron chi connectivity index (χ3n) is 18.3. The normalized spacial score (nSPS) is 16.4. The number of aromatic amines is 1. The molecule has 18 rings (SSSR count). The highest BCUT2D eigenvalue weighted by Gasteiger charge is 2.25. The lowest BCUT2D eigenvalue weighted by atomic mass is 10.1. The standard InChI is InChI=1S/C14H17NO3.C13H13N3O.C13H14N2O2.2C13H12N2O2.C12H11NO3/c16-14(15-7-3-1-2-4-8-15)11-5-6-12-13(9-11)18-10-17-12;17-13(16-6-2-1-3-7-16)10-4-5-11-12(8-10)15-9-14-11;2*16-13(15-6-2-1-3-7-15)10-4-5-12-11(8-10)14-9-17-12;16-13(15-6-2-1-3-7-15)10-4-5-11-12(8-10)17-9-14-11;14-12(13-5-1-2-6-13)9-3-4-10-11(7-9)16-8-15-10/h5-6,9H,1-4,7-8,10H2;1-2,4-5,8-9H,3,6-7H2,(H,14,15);4-5,8-9H,1-3,6-7H2;2*1-2,4-5,8-9H,3,6-7H2;1-4,7H,5-6,8H2. The lowest BCUT2D eigenvalue weighted by molar-refractivity contribution is 0.0721. The Balaban J connectivity index is 0.000000109. The second-order valence-electron chi connectivity index (χ2n) is 25.1. The number of imidazole rings is 1. The molecule has 6 amide bonds. The average Bonchev–Trinajstić information content (AvgIpc) is 1.20. The molecule has 0 spiro atoms. The van der Waals surface area contributed by atoms with E-state index in [4.69, 9.17) is 32.2 Å². The monoisotopic (exact) mass is 1380 g/mol. The first-order chi connectivity index (χ1) is 50.1. The number of oxazole rings is 3. The molecule has 0 atom stereocenters. The summed E-state index contributed by atoms with van der Waals surface area (Å²) in [5.41, 5.74) is 10.2. The summed E-state index contributed by atoms with van der Waals surface area (Å²) in [6, 6.07) is 32.4. The van der Waals surface area contributed by atoms with Crippen LogP contribution in [-0.2, 0) is 0 Å². The SMILES string of the molecule is O=C(c1ccc2c(c1)OCO2)N1CC=CC1.O=C(c1ccc2c(c1)OCO2)N1CCCCCC1.O=C(c1ccc2nc[nH]c2c1)N1CC=CCC1.O=C(c1ccc2ncoc2c1)N1CC=CCC1.O=C(c1ccc2ocnc2c1)N1CC=CCC1.O=C(c1ccc2ocnc2c1)N1CCCCC1. The van der Waals surface area contributed by atoms with Crippen LogP contribution in [0.4, 0.5) is 0 Å². The second-order valence-corrected chi connectivity index (χ2v) is 25.1. The number of carbonyl (C=O) groups excluding carboxylic acids is 6. The minimum absolute atomic E-state index is 0.0308. The minimum Gasteiger partial charge on any atom is -0.454 e. The van der Waals surface area contributed by atoms with Crippen LogP contribution in [0.1, 0.15) is 126 Å². The predicted molar refractivity (Wildman–Crippen MR) is 381 cm³/mol. The molecule has 1 N–H and O–H groups in total. The zero-order valence-corrected chi connectivity index (χ0v) is 56.6. The molecule has 12 heterocycles. The molecule has 102 heavy (non-hydrogen) atoms. The summed E-state index contributed by atoms with van der Waals surface area (Å²) < 4.78 is 36.5. The van der Waals surface area contributed by atoms with Crippen LogP contribution in [0.15, 0.2) is 197 Å². The van der Waals surface area contributed by atoms with Gasteiger partial charge >= 0.3 is 0 Å². The van der Waals surface area contributed by atoms with E-state index in [9.17, 15) is 28.8 Å². The molecule has 24 heteroatoms. The van der Waals surface area contributed by atoms with Crippen molar-refractivity contribution < 1.29 is 61.0 Å². The number of amides is 6. The number of nitrogens with one attached hydrogen (secondary N) is 1. The number of piperidine rings is 1. The van der Waals surface area contributed by atoms with Crippen LogP contribution in [0.3, 0.4) is 0 Å². The Hall–Kier alpha value is -11.8. The van der Waals surface area contributed by atoms with Gasteiger partial charge in [-0.2, -0.15) is 0 Å². The van der Waals surface area contributed by atoms with Gasteiger partial charge in [0.15, 0.2) is 58.9 Å². The van der Waals surface area contributed by atoms with Crippen LogP contribution < -0.4 is 18.9 Å². The minimum atomic E-state index is 0.0308. The van der Waals surface area contributed by atoms with E-state index in [1.54, 1.807) is 78.0 Å². The molecule has 4 aromatic heterocycles. The molecule has 524 valence electrons. The smallest absolute Gasteiger partial charge is 0.254 e. The van der Waals surface area contributed by atoms with Gasteiger partial charge in [0, 0.05) is 112 Å². The van der Waals surface area contributed by atoms with Crippen molar-refractivity contribution in [2.24, 2.45) is 0 Å². The summed E-state index contributed by atoms with van der Waals surface area (Å²) in [7, 11) is 0. The molecule has 8 aliphatic heterocycles. The van der Waals surface area contributed by atoms with Crippen molar-refractivity contribution in [2.75, 3.05) is 92.1 Å². The van der Waals surface area contributed by atoms with Gasteiger partial charge in [0.1, 0.15) is 16.6 Å². The van der Waals surface area contributed by atoms with E-state index in [-0.39, 0.29) is 49.0 Å². The summed E-state index contributed by atoms with van der Waals surface area (Å²) >= 11 is 0. The van der Waals surface area contributed by atoms with E-state index in [1.165, 1.54) is 38.4 Å². The number of H-pyrrole nitrogens is 1. The summed E-state index contributed by atoms with van der Waals surface area (Å²) in [6.45, 7) is 9.79. The second kappa shape index (κ2) is 33.4. The van der Waals surface area contributed by atoms with E-state index in [2.05, 4.69) is 43.1 Å². The number of fused-ring (bicyclic) bond motifs is 6. The summed E-state index contributed by atoms with van der Waals surface area (Å²) in [5.74, 6) is 3.19. The maximum atomic E-state index is 12.4. The maximum absolute atomic E-state index is 12.4. The van der Waals surface area contributed by atoms with E-state index in [1.807, 2.05) is 97.3 Å². The van der Waals surface area contributed by atoms with Crippen molar-refractivity contribution in [2.45, 2.75) is 64.2 Å². The van der Waals surface area contributed by atoms with E-state index < -0.39 is 0 Å². The van der Waals surface area contributed by atoms with Gasteiger partial charge < -0.3 is 66.6 Å². The van der Waals surface area contributed by atoms with Crippen molar-refractivity contribution >= 4 is 79.8 Å². The summed E-state index contributed by atoms with van der Waals surface area (Å²) in [5, 5.41) is 0. The predicted octanol–water partition coefficient (Wildman–Crippen LogP) is 12.7. The topological polar surface area (TPSA) is 266 Å². The maximum Gasteiger partial charge on any atom is 0.254 e. The first kappa shape index (κ1) is 68.7. The van der Waals surface area contributed by atoms with E-state index in [0.717, 1.165) is 135 Å².